The van der Waals surface area contributed by atoms with Crippen LogP contribution in [0.2, 0.25) is 0 Å². The van der Waals surface area contributed by atoms with E-state index in [1.54, 1.807) is 11.3 Å². The zero-order valence-electron chi connectivity index (χ0n) is 13.1. The Morgan fingerprint density at radius 2 is 2.22 bits per heavy atom. The van der Waals surface area contributed by atoms with E-state index in [0.29, 0.717) is 12.1 Å². The number of carbonyl (C=O) groups excluding carboxylic acids is 1. The highest BCUT2D eigenvalue weighted by atomic mass is 32.1. The molecule has 1 atom stereocenters. The quantitative estimate of drug-likeness (QED) is 0.821. The Balaban J connectivity index is 1.48. The molecule has 1 aliphatic rings. The first kappa shape index (κ1) is 16.2. The fourth-order valence-corrected chi connectivity index (χ4v) is 3.35. The highest BCUT2D eigenvalue weighted by Crippen LogP contribution is 2.12. The summed E-state index contributed by atoms with van der Waals surface area (Å²) in [5.74, 6) is -0.0272. The maximum Gasteiger partial charge on any atom is 0.251 e. The van der Waals surface area contributed by atoms with Crippen molar-refractivity contribution in [2.45, 2.75) is 32.0 Å². The molecule has 1 saturated heterocycles. The van der Waals surface area contributed by atoms with Gasteiger partial charge in [0.15, 0.2) is 0 Å². The normalized spacial score (nSPS) is 17.3. The zero-order chi connectivity index (χ0) is 15.9. The molecule has 0 bridgehead atoms. The van der Waals surface area contributed by atoms with Crippen molar-refractivity contribution in [2.75, 3.05) is 13.2 Å². The third-order valence-corrected chi connectivity index (χ3v) is 4.79. The van der Waals surface area contributed by atoms with E-state index in [1.165, 1.54) is 4.88 Å². The molecule has 1 aliphatic heterocycles. The number of hydrogen-bond acceptors (Lipinski definition) is 4. The van der Waals surface area contributed by atoms with Gasteiger partial charge in [-0.1, -0.05) is 18.2 Å². The predicted molar refractivity (Wildman–Crippen MR) is 92.6 cm³/mol. The van der Waals surface area contributed by atoms with E-state index in [1.807, 2.05) is 24.3 Å². The van der Waals surface area contributed by atoms with Gasteiger partial charge in [0.25, 0.3) is 5.91 Å². The van der Waals surface area contributed by atoms with Crippen LogP contribution in [-0.2, 0) is 17.8 Å². The number of benzene rings is 1. The van der Waals surface area contributed by atoms with E-state index >= 15 is 0 Å². The number of hydrogen-bond donors (Lipinski definition) is 2. The van der Waals surface area contributed by atoms with Gasteiger partial charge in [0.2, 0.25) is 0 Å². The van der Waals surface area contributed by atoms with Crippen molar-refractivity contribution in [3.05, 3.63) is 57.8 Å². The van der Waals surface area contributed by atoms with Crippen LogP contribution in [0, 0.1) is 0 Å². The van der Waals surface area contributed by atoms with E-state index in [4.69, 9.17) is 4.74 Å². The third kappa shape index (κ3) is 4.89. The standard InChI is InChI=1S/C18H22N2O2S/c21-18(20-12-16-6-2-8-22-16)15-5-1-4-14(10-15)11-19-13-17-7-3-9-23-17/h1,3-5,7,9-10,16,19H,2,6,8,11-13H2,(H,20,21)/t16-/m0/s1. The number of ether oxygens (including phenoxy) is 1. The SMILES string of the molecule is O=C(NC[C@@H]1CCCO1)c1cccc(CNCc2cccs2)c1. The lowest BCUT2D eigenvalue weighted by atomic mass is 10.1. The van der Waals surface area contributed by atoms with Crippen molar-refractivity contribution in [3.8, 4) is 0 Å². The maximum absolute atomic E-state index is 12.2. The first-order valence-electron chi connectivity index (χ1n) is 8.03. The van der Waals surface area contributed by atoms with Gasteiger partial charge in [-0.2, -0.15) is 0 Å². The second-order valence-corrected chi connectivity index (χ2v) is 6.76. The molecule has 0 spiro atoms. The third-order valence-electron chi connectivity index (χ3n) is 3.91. The molecule has 1 amide bonds. The summed E-state index contributed by atoms with van der Waals surface area (Å²) in [7, 11) is 0. The molecule has 23 heavy (non-hydrogen) atoms. The summed E-state index contributed by atoms with van der Waals surface area (Å²) in [5, 5.41) is 8.45. The lowest BCUT2D eigenvalue weighted by Gasteiger charge is -2.11. The first-order chi connectivity index (χ1) is 11.3. The molecule has 0 unspecified atom stereocenters. The molecule has 3 rings (SSSR count). The number of amides is 1. The Hall–Kier alpha value is -1.69. The molecule has 5 heteroatoms. The van der Waals surface area contributed by atoms with Crippen molar-refractivity contribution in [3.63, 3.8) is 0 Å². The van der Waals surface area contributed by atoms with Gasteiger partial charge in [0.05, 0.1) is 6.10 Å². The van der Waals surface area contributed by atoms with Crippen molar-refractivity contribution in [2.24, 2.45) is 0 Å². The van der Waals surface area contributed by atoms with Crippen LogP contribution in [0.1, 0.15) is 33.6 Å². The Labute approximate surface area is 140 Å². The van der Waals surface area contributed by atoms with Crippen LogP contribution < -0.4 is 10.6 Å². The summed E-state index contributed by atoms with van der Waals surface area (Å²) < 4.78 is 5.53. The topological polar surface area (TPSA) is 50.4 Å². The molecular formula is C18H22N2O2S. The van der Waals surface area contributed by atoms with Gasteiger partial charge in [-0.15, -0.1) is 11.3 Å². The number of nitrogens with one attached hydrogen (secondary N) is 2. The van der Waals surface area contributed by atoms with Crippen molar-refractivity contribution < 1.29 is 9.53 Å². The summed E-state index contributed by atoms with van der Waals surface area (Å²) >= 11 is 1.75. The molecular weight excluding hydrogens is 308 g/mol. The minimum Gasteiger partial charge on any atom is -0.376 e. The van der Waals surface area contributed by atoms with Gasteiger partial charge in [0, 0.05) is 36.7 Å². The molecule has 4 nitrogen and oxygen atoms in total. The Bertz CT molecular complexity index is 622. The van der Waals surface area contributed by atoms with Gasteiger partial charge < -0.3 is 15.4 Å². The van der Waals surface area contributed by atoms with E-state index in [9.17, 15) is 4.79 Å². The fraction of sp³-hybridized carbons (Fsp3) is 0.389. The highest BCUT2D eigenvalue weighted by Gasteiger charge is 2.16. The largest absolute Gasteiger partial charge is 0.376 e. The van der Waals surface area contributed by atoms with Crippen molar-refractivity contribution in [1.29, 1.82) is 0 Å². The molecule has 1 aromatic heterocycles. The zero-order valence-corrected chi connectivity index (χ0v) is 13.9. The molecule has 0 radical (unpaired) electrons. The summed E-state index contributed by atoms with van der Waals surface area (Å²) in [4.78, 5) is 13.5. The second-order valence-electron chi connectivity index (χ2n) is 5.73. The molecule has 2 heterocycles. The van der Waals surface area contributed by atoms with Crippen LogP contribution in [0.4, 0.5) is 0 Å². The minimum atomic E-state index is -0.0272. The molecule has 122 valence electrons. The molecule has 2 N–H and O–H groups in total. The highest BCUT2D eigenvalue weighted by molar-refractivity contribution is 7.09. The lowest BCUT2D eigenvalue weighted by Crippen LogP contribution is -2.31. The Morgan fingerprint density at radius 3 is 3.00 bits per heavy atom. The first-order valence-corrected chi connectivity index (χ1v) is 8.91. The Morgan fingerprint density at radius 1 is 1.26 bits per heavy atom. The number of carbonyl (C=O) groups is 1. The van der Waals surface area contributed by atoms with Gasteiger partial charge in [0.1, 0.15) is 0 Å². The minimum absolute atomic E-state index is 0.0272. The van der Waals surface area contributed by atoms with E-state index in [2.05, 4.69) is 28.1 Å². The van der Waals surface area contributed by atoms with Crippen LogP contribution in [0.15, 0.2) is 41.8 Å². The van der Waals surface area contributed by atoms with Gasteiger partial charge in [-0.3, -0.25) is 4.79 Å². The number of rotatable bonds is 7. The van der Waals surface area contributed by atoms with Crippen LogP contribution in [0.25, 0.3) is 0 Å². The maximum atomic E-state index is 12.2. The predicted octanol–water partition coefficient (Wildman–Crippen LogP) is 2.95. The van der Waals surface area contributed by atoms with E-state index in [0.717, 1.165) is 38.1 Å². The van der Waals surface area contributed by atoms with Crippen molar-refractivity contribution >= 4 is 17.2 Å². The van der Waals surface area contributed by atoms with Crippen molar-refractivity contribution in [1.82, 2.24) is 10.6 Å². The average Bonchev–Trinajstić information content (AvgIpc) is 3.26. The summed E-state index contributed by atoms with van der Waals surface area (Å²) in [6.07, 6.45) is 2.30. The van der Waals surface area contributed by atoms with Crippen LogP contribution >= 0.6 is 11.3 Å². The summed E-state index contributed by atoms with van der Waals surface area (Å²) in [6.45, 7) is 3.02. The Kier molecular flexibility index (Phi) is 5.80. The fourth-order valence-electron chi connectivity index (χ4n) is 2.68. The van der Waals surface area contributed by atoms with Gasteiger partial charge in [-0.25, -0.2) is 0 Å². The van der Waals surface area contributed by atoms with Crippen LogP contribution in [0.3, 0.4) is 0 Å². The van der Waals surface area contributed by atoms with E-state index in [-0.39, 0.29) is 12.0 Å². The molecule has 1 fully saturated rings. The average molecular weight is 330 g/mol. The summed E-state index contributed by atoms with van der Waals surface area (Å²) in [5.41, 5.74) is 1.82. The lowest BCUT2D eigenvalue weighted by molar-refractivity contribution is 0.0857. The van der Waals surface area contributed by atoms with E-state index < -0.39 is 0 Å². The number of thiophene rings is 1. The monoisotopic (exact) mass is 330 g/mol. The van der Waals surface area contributed by atoms with Crippen LogP contribution in [0.5, 0.6) is 0 Å². The molecule has 1 aromatic carbocycles. The second kappa shape index (κ2) is 8.24. The molecule has 2 aromatic rings. The molecule has 0 saturated carbocycles. The summed E-state index contributed by atoms with van der Waals surface area (Å²) in [6, 6.07) is 12.0. The van der Waals surface area contributed by atoms with Gasteiger partial charge in [-0.05, 0) is 42.0 Å². The molecule has 0 aliphatic carbocycles. The smallest absolute Gasteiger partial charge is 0.251 e. The van der Waals surface area contributed by atoms with Crippen LogP contribution in [-0.4, -0.2) is 25.2 Å². The van der Waals surface area contributed by atoms with Gasteiger partial charge >= 0.3 is 0 Å².